The zero-order valence-corrected chi connectivity index (χ0v) is 18.3. The lowest BCUT2D eigenvalue weighted by Gasteiger charge is -2.33. The maximum Gasteiger partial charge on any atom is 0.0910 e. The van der Waals surface area contributed by atoms with Crippen molar-refractivity contribution < 1.29 is 0 Å². The molecule has 0 amide bonds. The van der Waals surface area contributed by atoms with Crippen LogP contribution in [0.25, 0.3) is 0 Å². The van der Waals surface area contributed by atoms with Gasteiger partial charge < -0.3 is 0 Å². The van der Waals surface area contributed by atoms with E-state index < -0.39 is 8.07 Å². The van der Waals surface area contributed by atoms with Crippen LogP contribution >= 0.6 is 12.6 Å². The van der Waals surface area contributed by atoms with E-state index in [1.165, 1.54) is 60.5 Å². The van der Waals surface area contributed by atoms with Gasteiger partial charge in [0.15, 0.2) is 0 Å². The van der Waals surface area contributed by atoms with Crippen LogP contribution < -0.4 is 5.19 Å². The molecule has 0 N–H and O–H groups in total. The van der Waals surface area contributed by atoms with E-state index in [2.05, 4.69) is 82.8 Å². The minimum absolute atomic E-state index is 1.15. The average Bonchev–Trinajstić information content (AvgIpc) is 2.62. The number of hydrogen-bond acceptors (Lipinski definition) is 1. The van der Waals surface area contributed by atoms with Crippen molar-refractivity contribution in [3.8, 4) is 0 Å². The molecule has 25 heavy (non-hydrogen) atoms. The quantitative estimate of drug-likeness (QED) is 0.371. The molecule has 0 aliphatic heterocycles. The van der Waals surface area contributed by atoms with E-state index in [0.717, 1.165) is 4.90 Å². The Kier molecular flexibility index (Phi) is 7.83. The first-order valence-electron chi connectivity index (χ1n) is 9.87. The minimum Gasteiger partial charge on any atom is -0.143 e. The molecule has 136 valence electrons. The number of unbranched alkanes of at least 4 members (excludes halogenated alkanes) is 2. The Balaban J connectivity index is 2.45. The molecule has 0 saturated carbocycles. The minimum atomic E-state index is -1.54. The molecule has 0 aliphatic rings. The van der Waals surface area contributed by atoms with Crippen molar-refractivity contribution in [3.63, 3.8) is 0 Å². The van der Waals surface area contributed by atoms with Gasteiger partial charge >= 0.3 is 0 Å². The van der Waals surface area contributed by atoms with Crippen LogP contribution in [0, 0.1) is 13.8 Å². The standard InChI is InChI=1S/C23H34SSi/c1-5-7-14-25(15-8-6-2,22-12-10-9-11-13-22)18-21-16-19(3)23(24)20(4)17-21/h9-13,16-17,24H,5-8,14-15,18H2,1-4H3. The summed E-state index contributed by atoms with van der Waals surface area (Å²) < 4.78 is 0. The highest BCUT2D eigenvalue weighted by Crippen LogP contribution is 2.29. The van der Waals surface area contributed by atoms with E-state index in [-0.39, 0.29) is 0 Å². The summed E-state index contributed by atoms with van der Waals surface area (Å²) in [4.78, 5) is 1.15. The molecule has 0 saturated heterocycles. The summed E-state index contributed by atoms with van der Waals surface area (Å²) in [5.74, 6) is 0. The van der Waals surface area contributed by atoms with E-state index in [1.54, 1.807) is 5.19 Å². The second kappa shape index (κ2) is 9.63. The predicted octanol–water partition coefficient (Wildman–Crippen LogP) is 6.63. The number of rotatable bonds is 9. The molecule has 2 aromatic rings. The van der Waals surface area contributed by atoms with Crippen LogP contribution in [0.5, 0.6) is 0 Å². The van der Waals surface area contributed by atoms with Crippen LogP contribution in [0.3, 0.4) is 0 Å². The van der Waals surface area contributed by atoms with Crippen molar-refractivity contribution in [1.82, 2.24) is 0 Å². The molecule has 0 aromatic heterocycles. The van der Waals surface area contributed by atoms with Gasteiger partial charge in [-0.05, 0) is 36.6 Å². The Morgan fingerprint density at radius 1 is 0.840 bits per heavy atom. The molecule has 0 fully saturated rings. The lowest BCUT2D eigenvalue weighted by Crippen LogP contribution is -2.50. The van der Waals surface area contributed by atoms with Crippen LogP contribution in [-0.4, -0.2) is 8.07 Å². The Morgan fingerprint density at radius 2 is 1.36 bits per heavy atom. The smallest absolute Gasteiger partial charge is 0.0910 e. The van der Waals surface area contributed by atoms with Crippen LogP contribution in [0.1, 0.15) is 56.2 Å². The summed E-state index contributed by atoms with van der Waals surface area (Å²) >= 11 is 4.66. The molecular formula is C23H34SSi. The molecule has 0 radical (unpaired) electrons. The zero-order chi connectivity index (χ0) is 18.3. The molecule has 0 bridgehead atoms. The first kappa shape index (κ1) is 20.3. The van der Waals surface area contributed by atoms with Gasteiger partial charge in [-0.25, -0.2) is 0 Å². The predicted molar refractivity (Wildman–Crippen MR) is 118 cm³/mol. The Bertz CT molecular complexity index is 632. The highest BCUT2D eigenvalue weighted by molar-refractivity contribution is 7.80. The first-order valence-corrected chi connectivity index (χ1v) is 12.9. The van der Waals surface area contributed by atoms with Crippen molar-refractivity contribution >= 4 is 25.9 Å². The van der Waals surface area contributed by atoms with E-state index in [0.29, 0.717) is 0 Å². The van der Waals surface area contributed by atoms with Gasteiger partial charge in [-0.15, -0.1) is 12.6 Å². The summed E-state index contributed by atoms with van der Waals surface area (Å²) in [6.45, 7) is 9.05. The average molecular weight is 371 g/mol. The number of thiol groups is 1. The fourth-order valence-electron chi connectivity index (χ4n) is 4.05. The monoisotopic (exact) mass is 370 g/mol. The molecule has 0 spiro atoms. The molecule has 0 heterocycles. The van der Waals surface area contributed by atoms with Crippen LogP contribution in [0.4, 0.5) is 0 Å². The third-order valence-corrected chi connectivity index (χ3v) is 11.5. The summed E-state index contributed by atoms with van der Waals surface area (Å²) in [6, 6.07) is 20.3. The topological polar surface area (TPSA) is 0 Å². The molecule has 0 aliphatic carbocycles. The normalized spacial score (nSPS) is 11.7. The fourth-order valence-corrected chi connectivity index (χ4v) is 9.51. The zero-order valence-electron chi connectivity index (χ0n) is 16.4. The van der Waals surface area contributed by atoms with Gasteiger partial charge in [-0.1, -0.05) is 99.3 Å². The Labute approximate surface area is 161 Å². The van der Waals surface area contributed by atoms with Gasteiger partial charge in [0.1, 0.15) is 0 Å². The van der Waals surface area contributed by atoms with Crippen molar-refractivity contribution in [1.29, 1.82) is 0 Å². The summed E-state index contributed by atoms with van der Waals surface area (Å²) in [5.41, 5.74) is 4.16. The summed E-state index contributed by atoms with van der Waals surface area (Å²) in [5, 5.41) is 1.65. The molecular weight excluding hydrogens is 336 g/mol. The maximum atomic E-state index is 4.66. The number of benzene rings is 2. The van der Waals surface area contributed by atoms with Gasteiger partial charge in [0.05, 0.1) is 8.07 Å². The van der Waals surface area contributed by atoms with Crippen molar-refractivity contribution in [2.75, 3.05) is 0 Å². The van der Waals surface area contributed by atoms with Gasteiger partial charge in [-0.3, -0.25) is 0 Å². The van der Waals surface area contributed by atoms with Crippen molar-refractivity contribution in [2.45, 2.75) is 76.4 Å². The van der Waals surface area contributed by atoms with Gasteiger partial charge in [0, 0.05) is 4.90 Å². The maximum absolute atomic E-state index is 4.66. The second-order valence-electron chi connectivity index (χ2n) is 7.61. The highest BCUT2D eigenvalue weighted by atomic mass is 32.1. The van der Waals surface area contributed by atoms with E-state index in [1.807, 2.05) is 0 Å². The molecule has 2 aromatic carbocycles. The van der Waals surface area contributed by atoms with E-state index >= 15 is 0 Å². The van der Waals surface area contributed by atoms with E-state index in [9.17, 15) is 0 Å². The molecule has 0 nitrogen and oxygen atoms in total. The third-order valence-electron chi connectivity index (χ3n) is 5.50. The lowest BCUT2D eigenvalue weighted by molar-refractivity contribution is 0.826. The highest BCUT2D eigenvalue weighted by Gasteiger charge is 2.34. The molecule has 2 heteroatoms. The van der Waals surface area contributed by atoms with Crippen LogP contribution in [0.2, 0.25) is 12.1 Å². The SMILES string of the molecule is CCCC[Si](CCCC)(Cc1cc(C)c(S)c(C)c1)c1ccccc1. The number of aryl methyl sites for hydroxylation is 2. The fraction of sp³-hybridized carbons (Fsp3) is 0.478. The third kappa shape index (κ3) is 5.24. The summed E-state index contributed by atoms with van der Waals surface area (Å²) in [7, 11) is -1.54. The Hall–Kier alpha value is -0.993. The van der Waals surface area contributed by atoms with Crippen molar-refractivity contribution in [3.05, 3.63) is 59.2 Å². The number of hydrogen-bond donors (Lipinski definition) is 1. The van der Waals surface area contributed by atoms with Crippen LogP contribution in [-0.2, 0) is 6.04 Å². The molecule has 0 unspecified atom stereocenters. The first-order chi connectivity index (χ1) is 12.0. The van der Waals surface area contributed by atoms with Crippen LogP contribution in [0.15, 0.2) is 47.4 Å². The van der Waals surface area contributed by atoms with E-state index in [4.69, 9.17) is 0 Å². The van der Waals surface area contributed by atoms with Gasteiger partial charge in [0.2, 0.25) is 0 Å². The largest absolute Gasteiger partial charge is 0.143 e. The summed E-state index contributed by atoms with van der Waals surface area (Å²) in [6.07, 6.45) is 5.30. The Morgan fingerprint density at radius 3 is 1.84 bits per heavy atom. The van der Waals surface area contributed by atoms with Crippen molar-refractivity contribution in [2.24, 2.45) is 0 Å². The molecule has 0 atom stereocenters. The lowest BCUT2D eigenvalue weighted by atomic mass is 10.1. The second-order valence-corrected chi connectivity index (χ2v) is 12.5. The van der Waals surface area contributed by atoms with Gasteiger partial charge in [-0.2, -0.15) is 0 Å². The molecule has 2 rings (SSSR count). The van der Waals surface area contributed by atoms with Gasteiger partial charge in [0.25, 0.3) is 0 Å².